The Morgan fingerprint density at radius 3 is 2.76 bits per heavy atom. The summed E-state index contributed by atoms with van der Waals surface area (Å²) in [6.07, 6.45) is 1.78. The smallest absolute Gasteiger partial charge is 0.236 e. The van der Waals surface area contributed by atoms with Gasteiger partial charge in [0.1, 0.15) is 0 Å². The molecule has 0 radical (unpaired) electrons. The number of nitrogens with two attached hydrogens (primary N) is 1. The Morgan fingerprint density at radius 2 is 2.29 bits per heavy atom. The van der Waals surface area contributed by atoms with Crippen LogP contribution in [0.4, 0.5) is 5.13 Å². The van der Waals surface area contributed by atoms with Crippen LogP contribution < -0.4 is 11.3 Å². The molecule has 0 saturated carbocycles. The van der Waals surface area contributed by atoms with Gasteiger partial charge >= 0.3 is 0 Å². The molecule has 17 heavy (non-hydrogen) atoms. The standard InChI is InChI=1S/C10H19N5OS/c1-4-15(7-9(16)14(2)3)6-8-5-12-10(13-11)17-8/h5H,4,6-7,11H2,1-3H3,(H,12,13). The van der Waals surface area contributed by atoms with Crippen LogP contribution in [-0.2, 0) is 11.3 Å². The molecular formula is C10H19N5OS. The van der Waals surface area contributed by atoms with E-state index >= 15 is 0 Å². The third-order valence-corrected chi connectivity index (χ3v) is 3.27. The van der Waals surface area contributed by atoms with Crippen LogP contribution in [0, 0.1) is 0 Å². The molecule has 3 N–H and O–H groups in total. The quantitative estimate of drug-likeness (QED) is 0.568. The van der Waals surface area contributed by atoms with Crippen molar-refractivity contribution in [1.29, 1.82) is 0 Å². The van der Waals surface area contributed by atoms with Gasteiger partial charge in [0, 0.05) is 31.7 Å². The van der Waals surface area contributed by atoms with E-state index in [2.05, 4.69) is 15.3 Å². The first-order chi connectivity index (χ1) is 8.06. The van der Waals surface area contributed by atoms with Crippen molar-refractivity contribution in [2.45, 2.75) is 13.5 Å². The van der Waals surface area contributed by atoms with Gasteiger partial charge < -0.3 is 4.90 Å². The van der Waals surface area contributed by atoms with Crippen molar-refractivity contribution in [3.8, 4) is 0 Å². The fraction of sp³-hybridized carbons (Fsp3) is 0.600. The maximum absolute atomic E-state index is 11.6. The average molecular weight is 257 g/mol. The zero-order chi connectivity index (χ0) is 12.8. The predicted molar refractivity (Wildman–Crippen MR) is 69.6 cm³/mol. The van der Waals surface area contributed by atoms with Crippen LogP contribution in [0.5, 0.6) is 0 Å². The summed E-state index contributed by atoms with van der Waals surface area (Å²) in [7, 11) is 3.53. The van der Waals surface area contributed by atoms with Gasteiger partial charge in [-0.15, -0.1) is 0 Å². The van der Waals surface area contributed by atoms with Crippen LogP contribution in [0.3, 0.4) is 0 Å². The highest BCUT2D eigenvalue weighted by Crippen LogP contribution is 2.18. The summed E-state index contributed by atoms with van der Waals surface area (Å²) in [4.78, 5) is 20.5. The number of nitrogen functional groups attached to an aromatic ring is 1. The first-order valence-electron chi connectivity index (χ1n) is 5.40. The molecule has 1 aromatic rings. The normalized spacial score (nSPS) is 10.6. The molecule has 0 aliphatic heterocycles. The molecule has 0 aliphatic carbocycles. The maximum atomic E-state index is 11.6. The van der Waals surface area contributed by atoms with Crippen molar-refractivity contribution in [2.75, 3.05) is 32.6 Å². The van der Waals surface area contributed by atoms with Crippen LogP contribution in [0.15, 0.2) is 6.20 Å². The molecule has 1 aromatic heterocycles. The second kappa shape index (κ2) is 6.53. The lowest BCUT2D eigenvalue weighted by Gasteiger charge is -2.20. The molecule has 6 nitrogen and oxygen atoms in total. The number of carbonyl (C=O) groups excluding carboxylic acids is 1. The molecule has 96 valence electrons. The minimum absolute atomic E-state index is 0.105. The van der Waals surface area contributed by atoms with E-state index in [4.69, 9.17) is 5.84 Å². The van der Waals surface area contributed by atoms with E-state index in [1.165, 1.54) is 11.3 Å². The SMILES string of the molecule is CCN(CC(=O)N(C)C)Cc1cnc(NN)s1. The molecule has 0 spiro atoms. The summed E-state index contributed by atoms with van der Waals surface area (Å²) in [6.45, 7) is 4.00. The highest BCUT2D eigenvalue weighted by molar-refractivity contribution is 7.15. The number of hydrogen-bond acceptors (Lipinski definition) is 6. The van der Waals surface area contributed by atoms with Crippen LogP contribution in [-0.4, -0.2) is 47.9 Å². The molecule has 0 fully saturated rings. The first-order valence-corrected chi connectivity index (χ1v) is 6.22. The summed E-state index contributed by atoms with van der Waals surface area (Å²) in [6, 6.07) is 0. The minimum Gasteiger partial charge on any atom is -0.348 e. The fourth-order valence-electron chi connectivity index (χ4n) is 1.28. The van der Waals surface area contributed by atoms with Crippen LogP contribution in [0.1, 0.15) is 11.8 Å². The fourth-order valence-corrected chi connectivity index (χ4v) is 2.05. The molecule has 7 heteroatoms. The van der Waals surface area contributed by atoms with Gasteiger partial charge in [-0.1, -0.05) is 18.3 Å². The topological polar surface area (TPSA) is 74.5 Å². The van der Waals surface area contributed by atoms with Crippen LogP contribution >= 0.6 is 11.3 Å². The van der Waals surface area contributed by atoms with Gasteiger partial charge in [0.15, 0.2) is 5.13 Å². The largest absolute Gasteiger partial charge is 0.348 e. The Morgan fingerprint density at radius 1 is 1.59 bits per heavy atom. The van der Waals surface area contributed by atoms with E-state index in [1.807, 2.05) is 6.92 Å². The molecule has 1 amide bonds. The Balaban J connectivity index is 2.54. The number of thiazole rings is 1. The molecule has 0 aromatic carbocycles. The van der Waals surface area contributed by atoms with Crippen molar-refractivity contribution in [3.63, 3.8) is 0 Å². The van der Waals surface area contributed by atoms with Gasteiger partial charge in [-0.05, 0) is 6.54 Å². The number of hydrogen-bond donors (Lipinski definition) is 2. The number of amides is 1. The van der Waals surface area contributed by atoms with Gasteiger partial charge in [0.2, 0.25) is 5.91 Å². The van der Waals surface area contributed by atoms with E-state index < -0.39 is 0 Å². The van der Waals surface area contributed by atoms with Gasteiger partial charge in [0.25, 0.3) is 0 Å². The molecule has 1 heterocycles. The number of hydrazine groups is 1. The van der Waals surface area contributed by atoms with Crippen molar-refractivity contribution in [1.82, 2.24) is 14.8 Å². The molecule has 0 atom stereocenters. The summed E-state index contributed by atoms with van der Waals surface area (Å²) in [5.41, 5.74) is 2.51. The zero-order valence-electron chi connectivity index (χ0n) is 10.4. The number of nitrogens with zero attached hydrogens (tertiary/aromatic N) is 3. The lowest BCUT2D eigenvalue weighted by Crippen LogP contribution is -2.36. The molecule has 0 aliphatic rings. The Kier molecular flexibility index (Phi) is 5.33. The van der Waals surface area contributed by atoms with Crippen LogP contribution in [0.25, 0.3) is 0 Å². The van der Waals surface area contributed by atoms with Crippen molar-refractivity contribution in [2.24, 2.45) is 5.84 Å². The van der Waals surface area contributed by atoms with Crippen LogP contribution in [0.2, 0.25) is 0 Å². The Hall–Kier alpha value is -1.18. The van der Waals surface area contributed by atoms with E-state index in [0.717, 1.165) is 18.0 Å². The summed E-state index contributed by atoms with van der Waals surface area (Å²) in [5.74, 6) is 5.38. The van der Waals surface area contributed by atoms with E-state index in [9.17, 15) is 4.79 Å². The average Bonchev–Trinajstić information content (AvgIpc) is 2.75. The van der Waals surface area contributed by atoms with E-state index in [1.54, 1.807) is 25.2 Å². The Bertz CT molecular complexity index is 365. The second-order valence-corrected chi connectivity index (χ2v) is 4.98. The van der Waals surface area contributed by atoms with Crippen molar-refractivity contribution < 1.29 is 4.79 Å². The van der Waals surface area contributed by atoms with E-state index in [0.29, 0.717) is 11.7 Å². The molecule has 0 bridgehead atoms. The maximum Gasteiger partial charge on any atom is 0.236 e. The molecule has 0 saturated heterocycles. The third kappa shape index (κ3) is 4.29. The third-order valence-electron chi connectivity index (χ3n) is 2.36. The number of nitrogens with one attached hydrogen (secondary N) is 1. The molecule has 0 unspecified atom stereocenters. The minimum atomic E-state index is 0.105. The Labute approximate surface area is 105 Å². The first kappa shape index (κ1) is 13.9. The van der Waals surface area contributed by atoms with Crippen molar-refractivity contribution >= 4 is 22.4 Å². The van der Waals surface area contributed by atoms with Gasteiger partial charge in [0.05, 0.1) is 6.54 Å². The highest BCUT2D eigenvalue weighted by atomic mass is 32.1. The number of likely N-dealkylation sites (N-methyl/N-ethyl adjacent to an activating group) is 2. The molecular weight excluding hydrogens is 238 g/mol. The second-order valence-electron chi connectivity index (χ2n) is 3.87. The lowest BCUT2D eigenvalue weighted by molar-refractivity contribution is -0.130. The number of aromatic nitrogens is 1. The number of rotatable bonds is 6. The lowest BCUT2D eigenvalue weighted by atomic mass is 10.4. The number of carbonyl (C=O) groups is 1. The monoisotopic (exact) mass is 257 g/mol. The van der Waals surface area contributed by atoms with Gasteiger partial charge in [-0.25, -0.2) is 10.8 Å². The number of anilines is 1. The summed E-state index contributed by atoms with van der Waals surface area (Å²) in [5, 5.41) is 0.690. The molecule has 1 rings (SSSR count). The van der Waals surface area contributed by atoms with Gasteiger partial charge in [-0.3, -0.25) is 15.1 Å². The van der Waals surface area contributed by atoms with Crippen molar-refractivity contribution in [3.05, 3.63) is 11.1 Å². The highest BCUT2D eigenvalue weighted by Gasteiger charge is 2.12. The van der Waals surface area contributed by atoms with Gasteiger partial charge in [-0.2, -0.15) is 0 Å². The van der Waals surface area contributed by atoms with E-state index in [-0.39, 0.29) is 5.91 Å². The predicted octanol–water partition coefficient (Wildman–Crippen LogP) is 0.339. The summed E-state index contributed by atoms with van der Waals surface area (Å²) >= 11 is 1.50. The summed E-state index contributed by atoms with van der Waals surface area (Å²) < 4.78 is 0. The zero-order valence-corrected chi connectivity index (χ0v) is 11.3.